The molecule has 3 heteroatoms. The van der Waals surface area contributed by atoms with E-state index in [0.29, 0.717) is 12.3 Å². The first kappa shape index (κ1) is 12.5. The van der Waals surface area contributed by atoms with E-state index in [-0.39, 0.29) is 11.9 Å². The first-order chi connectivity index (χ1) is 8.16. The maximum Gasteiger partial charge on any atom is 0.123 e. The fourth-order valence-corrected chi connectivity index (χ4v) is 2.49. The number of aliphatic hydroxyl groups excluding tert-OH is 1. The van der Waals surface area contributed by atoms with Gasteiger partial charge in [-0.05, 0) is 61.9 Å². The van der Waals surface area contributed by atoms with E-state index in [0.717, 1.165) is 37.1 Å². The third-order valence-corrected chi connectivity index (χ3v) is 3.61. The average molecular weight is 237 g/mol. The molecule has 17 heavy (non-hydrogen) atoms. The monoisotopic (exact) mass is 237 g/mol. The molecule has 1 aromatic rings. The number of benzene rings is 1. The summed E-state index contributed by atoms with van der Waals surface area (Å²) in [6.45, 7) is 3.84. The van der Waals surface area contributed by atoms with E-state index in [1.807, 2.05) is 6.92 Å². The van der Waals surface area contributed by atoms with Gasteiger partial charge in [0.25, 0.3) is 0 Å². The number of nitrogens with one attached hydrogen (secondary N) is 1. The zero-order valence-corrected chi connectivity index (χ0v) is 10.2. The lowest BCUT2D eigenvalue weighted by atomic mass is 9.89. The second kappa shape index (κ2) is 5.61. The van der Waals surface area contributed by atoms with Crippen molar-refractivity contribution in [2.75, 3.05) is 13.1 Å². The summed E-state index contributed by atoms with van der Waals surface area (Å²) in [5.74, 6) is 0.119. The Balaban J connectivity index is 1.99. The van der Waals surface area contributed by atoms with E-state index >= 15 is 0 Å². The normalized spacial score (nSPS) is 22.4. The average Bonchev–Trinajstić information content (AvgIpc) is 2.34. The van der Waals surface area contributed by atoms with Crippen molar-refractivity contribution in [3.8, 4) is 0 Å². The van der Waals surface area contributed by atoms with E-state index in [1.54, 1.807) is 6.07 Å². The number of rotatable bonds is 3. The van der Waals surface area contributed by atoms with Crippen molar-refractivity contribution >= 4 is 0 Å². The standard InChI is InChI=1S/C14H20FNO/c1-10-7-13(15)5-4-11(10)8-14(17)12-3-2-6-16-9-12/h4-5,7,12,14,16-17H,2-3,6,8-9H2,1H3. The topological polar surface area (TPSA) is 32.3 Å². The molecule has 2 atom stereocenters. The van der Waals surface area contributed by atoms with Crippen molar-refractivity contribution in [3.05, 3.63) is 35.1 Å². The van der Waals surface area contributed by atoms with Gasteiger partial charge in [0.15, 0.2) is 0 Å². The lowest BCUT2D eigenvalue weighted by Gasteiger charge is -2.27. The molecular formula is C14H20FNO. The SMILES string of the molecule is Cc1cc(F)ccc1CC(O)C1CCCNC1. The molecule has 94 valence electrons. The van der Waals surface area contributed by atoms with Crippen LogP contribution in [0.25, 0.3) is 0 Å². The molecule has 1 fully saturated rings. The Kier molecular flexibility index (Phi) is 4.13. The van der Waals surface area contributed by atoms with Gasteiger partial charge >= 0.3 is 0 Å². The number of aryl methyl sites for hydroxylation is 1. The maximum atomic E-state index is 13.0. The summed E-state index contributed by atoms with van der Waals surface area (Å²) < 4.78 is 13.0. The summed E-state index contributed by atoms with van der Waals surface area (Å²) in [5.41, 5.74) is 1.97. The molecule has 0 aliphatic carbocycles. The summed E-state index contributed by atoms with van der Waals surface area (Å²) >= 11 is 0. The van der Waals surface area contributed by atoms with Gasteiger partial charge in [-0.2, -0.15) is 0 Å². The van der Waals surface area contributed by atoms with Crippen molar-refractivity contribution in [2.24, 2.45) is 5.92 Å². The summed E-state index contributed by atoms with van der Waals surface area (Å²) in [6, 6.07) is 4.78. The first-order valence-corrected chi connectivity index (χ1v) is 6.30. The molecule has 0 radical (unpaired) electrons. The minimum atomic E-state index is -0.327. The molecule has 1 aromatic carbocycles. The summed E-state index contributed by atoms with van der Waals surface area (Å²) in [4.78, 5) is 0. The Labute approximate surface area is 102 Å². The summed E-state index contributed by atoms with van der Waals surface area (Å²) in [5, 5.41) is 13.5. The van der Waals surface area contributed by atoms with E-state index in [4.69, 9.17) is 0 Å². The first-order valence-electron chi connectivity index (χ1n) is 6.30. The second-order valence-electron chi connectivity index (χ2n) is 4.95. The van der Waals surface area contributed by atoms with Crippen LogP contribution in [-0.4, -0.2) is 24.3 Å². The fourth-order valence-electron chi connectivity index (χ4n) is 2.49. The van der Waals surface area contributed by atoms with E-state index in [2.05, 4.69) is 5.32 Å². The van der Waals surface area contributed by atoms with Crippen molar-refractivity contribution in [1.82, 2.24) is 5.32 Å². The predicted octanol–water partition coefficient (Wildman–Crippen LogP) is 2.04. The second-order valence-corrected chi connectivity index (χ2v) is 4.95. The van der Waals surface area contributed by atoms with Crippen molar-refractivity contribution in [1.29, 1.82) is 0 Å². The van der Waals surface area contributed by atoms with Gasteiger partial charge in [-0.3, -0.25) is 0 Å². The minimum Gasteiger partial charge on any atom is -0.392 e. The highest BCUT2D eigenvalue weighted by atomic mass is 19.1. The molecule has 1 aliphatic heterocycles. The molecule has 2 unspecified atom stereocenters. The Hall–Kier alpha value is -0.930. The largest absolute Gasteiger partial charge is 0.392 e. The molecule has 0 saturated carbocycles. The third kappa shape index (κ3) is 3.27. The molecule has 2 nitrogen and oxygen atoms in total. The van der Waals surface area contributed by atoms with Crippen LogP contribution in [0.4, 0.5) is 4.39 Å². The molecule has 0 bridgehead atoms. The number of piperidine rings is 1. The van der Waals surface area contributed by atoms with E-state index in [9.17, 15) is 9.50 Å². The van der Waals surface area contributed by atoms with Gasteiger partial charge in [0, 0.05) is 6.54 Å². The Morgan fingerprint density at radius 3 is 3.00 bits per heavy atom. The van der Waals surface area contributed by atoms with Gasteiger partial charge in [-0.15, -0.1) is 0 Å². The van der Waals surface area contributed by atoms with Crippen molar-refractivity contribution in [3.63, 3.8) is 0 Å². The van der Waals surface area contributed by atoms with Gasteiger partial charge in [0.05, 0.1) is 6.10 Å². The smallest absolute Gasteiger partial charge is 0.123 e. The van der Waals surface area contributed by atoms with Crippen LogP contribution in [-0.2, 0) is 6.42 Å². The quantitative estimate of drug-likeness (QED) is 0.843. The van der Waals surface area contributed by atoms with Crippen LogP contribution in [0.15, 0.2) is 18.2 Å². The van der Waals surface area contributed by atoms with Gasteiger partial charge in [-0.1, -0.05) is 6.07 Å². The zero-order chi connectivity index (χ0) is 12.3. The lowest BCUT2D eigenvalue weighted by molar-refractivity contribution is 0.0920. The highest BCUT2D eigenvalue weighted by Gasteiger charge is 2.22. The number of hydrogen-bond acceptors (Lipinski definition) is 2. The molecule has 1 saturated heterocycles. The van der Waals surface area contributed by atoms with Gasteiger partial charge in [0.1, 0.15) is 5.82 Å². The highest BCUT2D eigenvalue weighted by Crippen LogP contribution is 2.20. The number of aliphatic hydroxyl groups is 1. The van der Waals surface area contributed by atoms with Crippen molar-refractivity contribution < 1.29 is 9.50 Å². The minimum absolute atomic E-state index is 0.208. The van der Waals surface area contributed by atoms with Gasteiger partial charge in [-0.25, -0.2) is 4.39 Å². The highest BCUT2D eigenvalue weighted by molar-refractivity contribution is 5.27. The van der Waals surface area contributed by atoms with Crippen LogP contribution >= 0.6 is 0 Å². The molecule has 0 aromatic heterocycles. The number of hydrogen-bond donors (Lipinski definition) is 2. The van der Waals surface area contributed by atoms with Gasteiger partial charge < -0.3 is 10.4 Å². The molecule has 2 N–H and O–H groups in total. The molecule has 0 spiro atoms. The van der Waals surface area contributed by atoms with Crippen LogP contribution < -0.4 is 5.32 Å². The summed E-state index contributed by atoms with van der Waals surface area (Å²) in [6.07, 6.45) is 2.50. The van der Waals surface area contributed by atoms with Crippen molar-refractivity contribution in [2.45, 2.75) is 32.3 Å². The summed E-state index contributed by atoms with van der Waals surface area (Å²) in [7, 11) is 0. The van der Waals surface area contributed by atoms with E-state index < -0.39 is 0 Å². The van der Waals surface area contributed by atoms with E-state index in [1.165, 1.54) is 12.1 Å². The Morgan fingerprint density at radius 1 is 1.53 bits per heavy atom. The maximum absolute atomic E-state index is 13.0. The molecular weight excluding hydrogens is 217 g/mol. The Morgan fingerprint density at radius 2 is 2.35 bits per heavy atom. The number of halogens is 1. The van der Waals surface area contributed by atoms with Crippen LogP contribution in [0.1, 0.15) is 24.0 Å². The van der Waals surface area contributed by atoms with Crippen LogP contribution in [0, 0.1) is 18.7 Å². The predicted molar refractivity (Wildman–Crippen MR) is 66.4 cm³/mol. The van der Waals surface area contributed by atoms with Crippen LogP contribution in [0.2, 0.25) is 0 Å². The lowest BCUT2D eigenvalue weighted by Crippen LogP contribution is -2.37. The van der Waals surface area contributed by atoms with Crippen LogP contribution in [0.5, 0.6) is 0 Å². The van der Waals surface area contributed by atoms with Crippen LogP contribution in [0.3, 0.4) is 0 Å². The molecule has 1 aliphatic rings. The Bertz CT molecular complexity index is 374. The fraction of sp³-hybridized carbons (Fsp3) is 0.571. The molecule has 1 heterocycles. The zero-order valence-electron chi connectivity index (χ0n) is 10.2. The third-order valence-electron chi connectivity index (χ3n) is 3.61. The molecule has 0 amide bonds. The van der Waals surface area contributed by atoms with Gasteiger partial charge in [0.2, 0.25) is 0 Å². The molecule has 2 rings (SSSR count).